The maximum Gasteiger partial charge on any atom is 0.179 e. The van der Waals surface area contributed by atoms with Gasteiger partial charge in [0.15, 0.2) is 60.5 Å². The van der Waals surface area contributed by atoms with E-state index in [0.29, 0.717) is 52.4 Å². The minimum Gasteiger partial charge on any atom is -0.308 e. The van der Waals surface area contributed by atoms with Crippen LogP contribution < -0.4 is 20.7 Å². The Bertz CT molecular complexity index is 5260. The first-order valence-electron chi connectivity index (χ1n) is 32.7. The van der Waals surface area contributed by atoms with Gasteiger partial charge in [-0.1, -0.05) is 303 Å². The topological polar surface area (TPSA) is 121 Å². The molecule has 0 aliphatic heterocycles. The van der Waals surface area contributed by atoms with E-state index in [1.807, 2.05) is 158 Å². The fraction of sp³-hybridized carbons (Fsp3) is 0. The van der Waals surface area contributed by atoms with Crippen LogP contribution in [0.4, 0.5) is 0 Å². The Morgan fingerprint density at radius 2 is 0.439 bits per heavy atom. The summed E-state index contributed by atoms with van der Waals surface area (Å²) in [7, 11) is -2.95. The first kappa shape index (κ1) is 58.7. The largest absolute Gasteiger partial charge is 0.308 e. The maximum absolute atomic E-state index is 5.51. The van der Waals surface area contributed by atoms with Crippen molar-refractivity contribution < 1.29 is 0 Å². The predicted octanol–water partition coefficient (Wildman–Crippen LogP) is 17.4. The van der Waals surface area contributed by atoms with Crippen molar-refractivity contribution in [3.63, 3.8) is 0 Å². The Balaban J connectivity index is 0.931. The Morgan fingerprint density at radius 3 is 0.765 bits per heavy atom. The highest BCUT2D eigenvalue weighted by molar-refractivity contribution is 7.20. The van der Waals surface area contributed by atoms with E-state index >= 15 is 0 Å². The van der Waals surface area contributed by atoms with Gasteiger partial charge in [-0.25, -0.2) is 44.9 Å². The van der Waals surface area contributed by atoms with Gasteiger partial charge in [-0.15, -0.1) is 0 Å². The summed E-state index contributed by atoms with van der Waals surface area (Å²) in [5, 5.41) is 7.03. The van der Waals surface area contributed by atoms with Crippen molar-refractivity contribution in [2.45, 2.75) is 0 Å². The lowest BCUT2D eigenvalue weighted by molar-refractivity contribution is 1.06. The Morgan fingerprint density at radius 1 is 0.184 bits per heavy atom. The normalized spacial score (nSPS) is 11.5. The average molecular weight is 1270 g/mol. The number of rotatable bonds is 15. The van der Waals surface area contributed by atoms with Gasteiger partial charge in [0.25, 0.3) is 0 Å². The van der Waals surface area contributed by atoms with E-state index in [2.05, 4.69) is 199 Å². The molecule has 0 saturated heterocycles. The van der Waals surface area contributed by atoms with E-state index in [-0.39, 0.29) is 0 Å². The number of nitrogens with zero attached hydrogens (tertiary/aromatic N) is 10. The van der Waals surface area contributed by atoms with Crippen molar-refractivity contribution in [2.24, 2.45) is 0 Å². The first-order valence-corrected chi connectivity index (χ1v) is 34.7. The zero-order chi connectivity index (χ0) is 65.2. The van der Waals surface area contributed by atoms with Gasteiger partial charge in [-0.3, -0.25) is 0 Å². The Labute approximate surface area is 567 Å². The predicted molar refractivity (Wildman–Crippen MR) is 399 cm³/mol. The lowest BCUT2D eigenvalue weighted by Gasteiger charge is -2.34. The minimum atomic E-state index is -2.95. The molecule has 0 radical (unpaired) electrons. The second-order valence-corrected chi connectivity index (χ2v) is 27.9. The van der Waals surface area contributed by atoms with Crippen molar-refractivity contribution in [1.29, 1.82) is 0 Å². The van der Waals surface area contributed by atoms with Crippen molar-refractivity contribution in [3.8, 4) is 119 Å². The van der Waals surface area contributed by atoms with Crippen LogP contribution in [-0.2, 0) is 0 Å². The van der Waals surface area contributed by atoms with Gasteiger partial charge in [0.2, 0.25) is 0 Å². The molecule has 13 aromatic carbocycles. The monoisotopic (exact) mass is 1270 g/mol. The molecule has 0 spiro atoms. The van der Waals surface area contributed by atoms with E-state index in [4.69, 9.17) is 44.9 Å². The average Bonchev–Trinajstić information content (AvgIpc) is 1.45. The first-order chi connectivity index (χ1) is 48.6. The molecule has 0 amide bonds. The van der Waals surface area contributed by atoms with Gasteiger partial charge in [0, 0.05) is 60.8 Å². The van der Waals surface area contributed by atoms with Gasteiger partial charge in [-0.2, -0.15) is 0 Å². The lowest BCUT2D eigenvalue weighted by atomic mass is 10.0. The molecule has 0 atom stereocenters. The summed E-state index contributed by atoms with van der Waals surface area (Å²) in [6, 6.07) is 123. The quantitative estimate of drug-likeness (QED) is 0.0730. The molecule has 0 N–H and O–H groups in total. The lowest BCUT2D eigenvalue weighted by Crippen LogP contribution is -2.74. The molecule has 0 bridgehead atoms. The zero-order valence-corrected chi connectivity index (χ0v) is 54.0. The molecule has 11 heteroatoms. The molecular weight excluding hydrogens is 1210 g/mol. The highest BCUT2D eigenvalue weighted by Crippen LogP contribution is 2.42. The fourth-order valence-corrected chi connectivity index (χ4v) is 18.2. The fourth-order valence-electron chi connectivity index (χ4n) is 13.5. The van der Waals surface area contributed by atoms with Gasteiger partial charge in [-0.05, 0) is 80.4 Å². The Kier molecular flexibility index (Phi) is 15.4. The summed E-state index contributed by atoms with van der Waals surface area (Å²) in [4.78, 5) is 47.4. The molecule has 10 nitrogen and oxygen atoms in total. The summed E-state index contributed by atoms with van der Waals surface area (Å²) < 4.78 is 2.34. The molecule has 4 aromatic heterocycles. The van der Waals surface area contributed by atoms with Crippen LogP contribution in [0.5, 0.6) is 0 Å². The molecule has 460 valence electrons. The van der Waals surface area contributed by atoms with Crippen LogP contribution in [0.2, 0.25) is 0 Å². The van der Waals surface area contributed by atoms with Crippen LogP contribution >= 0.6 is 0 Å². The van der Waals surface area contributed by atoms with E-state index < -0.39 is 8.07 Å². The van der Waals surface area contributed by atoms with Crippen LogP contribution in [0.1, 0.15) is 0 Å². The van der Waals surface area contributed by atoms with E-state index in [0.717, 1.165) is 88.7 Å². The third-order valence-electron chi connectivity index (χ3n) is 18.1. The van der Waals surface area contributed by atoms with Crippen molar-refractivity contribution >= 4 is 50.6 Å². The standard InChI is InChI=1S/C87H58N10Si/c1-10-29-59(30-11-1)79-88-80(60-31-12-2-13-32-60)92-85(91-79)67-50-53-76-73(57-67)74-58-68(86-93-81(61-33-14-3-15-34-61)89-82(94-86)62-35-16-4-17-36-62)51-54-77(74)97(76)78-52-49-66(56-75(78)87-95-83(63-37-18-5-19-38-63)90-84(96-87)64-39-20-6-21-40-64)65-41-28-48-72(55-65)98(69-42-22-7-23-43-69,70-44-24-8-25-45-70)71-46-26-9-27-47-71/h1-58H. The van der Waals surface area contributed by atoms with Crippen molar-refractivity contribution in [3.05, 3.63) is 352 Å². The van der Waals surface area contributed by atoms with Gasteiger partial charge >= 0.3 is 0 Å². The van der Waals surface area contributed by atoms with Crippen LogP contribution in [0.15, 0.2) is 352 Å². The van der Waals surface area contributed by atoms with Crippen molar-refractivity contribution in [1.82, 2.24) is 49.4 Å². The summed E-state index contributed by atoms with van der Waals surface area (Å²) in [5.74, 6) is 4.97. The molecule has 0 unspecified atom stereocenters. The van der Waals surface area contributed by atoms with Gasteiger partial charge in [0.1, 0.15) is 0 Å². The van der Waals surface area contributed by atoms with E-state index in [9.17, 15) is 0 Å². The van der Waals surface area contributed by atoms with Gasteiger partial charge < -0.3 is 4.57 Å². The van der Waals surface area contributed by atoms with Crippen LogP contribution in [0.25, 0.3) is 141 Å². The molecule has 0 fully saturated rings. The number of hydrogen-bond acceptors (Lipinski definition) is 9. The summed E-state index contributed by atoms with van der Waals surface area (Å²) in [6.07, 6.45) is 0. The van der Waals surface area contributed by atoms with E-state index in [1.165, 1.54) is 20.7 Å². The molecule has 0 saturated carbocycles. The highest BCUT2D eigenvalue weighted by Gasteiger charge is 2.41. The minimum absolute atomic E-state index is 0.509. The SMILES string of the molecule is c1ccc(-c2nc(-c3ccccc3)nc(-c3ccc4c(c3)c3cc(-c5nc(-c6ccccc6)nc(-c6ccccc6)n5)ccc3n4-c3ccc(-c4cccc([Si](c5ccccc5)(c5ccccc5)c5ccccc5)c4)cc3-c3nc(-c4ccccc4)nc(-c4ccccc4)n3)n2)cc1. The second kappa shape index (κ2) is 25.7. The molecule has 4 heterocycles. The molecular formula is C87H58N10Si. The van der Waals surface area contributed by atoms with Crippen molar-refractivity contribution in [2.75, 3.05) is 0 Å². The highest BCUT2D eigenvalue weighted by atomic mass is 28.3. The molecule has 0 aliphatic rings. The maximum atomic E-state index is 5.51. The summed E-state index contributed by atoms with van der Waals surface area (Å²) >= 11 is 0. The molecule has 0 aliphatic carbocycles. The number of benzene rings is 13. The van der Waals surface area contributed by atoms with Crippen LogP contribution in [0, 0.1) is 0 Å². The Hall–Kier alpha value is -13.1. The molecule has 17 rings (SSSR count). The molecule has 17 aromatic rings. The number of fused-ring (bicyclic) bond motifs is 3. The third-order valence-corrected chi connectivity index (χ3v) is 22.9. The zero-order valence-electron chi connectivity index (χ0n) is 53.0. The smallest absolute Gasteiger partial charge is 0.179 e. The third kappa shape index (κ3) is 11.1. The van der Waals surface area contributed by atoms with Crippen LogP contribution in [0.3, 0.4) is 0 Å². The molecule has 98 heavy (non-hydrogen) atoms. The number of aromatic nitrogens is 10. The second-order valence-electron chi connectivity index (χ2n) is 24.1. The van der Waals surface area contributed by atoms with Gasteiger partial charge in [0.05, 0.1) is 16.7 Å². The number of hydrogen-bond donors (Lipinski definition) is 0. The van der Waals surface area contributed by atoms with Crippen LogP contribution in [-0.4, -0.2) is 57.5 Å². The van der Waals surface area contributed by atoms with E-state index in [1.54, 1.807) is 0 Å². The summed E-state index contributed by atoms with van der Waals surface area (Å²) in [5.41, 5.74) is 12.4. The summed E-state index contributed by atoms with van der Waals surface area (Å²) in [6.45, 7) is 0.